The molecule has 0 unspecified atom stereocenters. The summed E-state index contributed by atoms with van der Waals surface area (Å²) in [6, 6.07) is 12.0. The highest BCUT2D eigenvalue weighted by Crippen LogP contribution is 2.21. The zero-order chi connectivity index (χ0) is 15.4. The molecule has 0 atom stereocenters. The predicted octanol–water partition coefficient (Wildman–Crippen LogP) is 3.57. The molecule has 2 N–H and O–H groups in total. The third-order valence-electron chi connectivity index (χ3n) is 3.09. The van der Waals surface area contributed by atoms with E-state index in [1.165, 1.54) is 27.8 Å². The second kappa shape index (κ2) is 6.36. The minimum Gasteiger partial charge on any atom is -0.476 e. The Kier molecular flexibility index (Phi) is 4.11. The van der Waals surface area contributed by atoms with Gasteiger partial charge in [-0.2, -0.15) is 0 Å². The fourth-order valence-corrected chi connectivity index (χ4v) is 2.70. The molecule has 1 aromatic carbocycles. The molecule has 0 amide bonds. The van der Waals surface area contributed by atoms with Gasteiger partial charge in [0.2, 0.25) is 0 Å². The molecule has 22 heavy (non-hydrogen) atoms. The number of anilines is 2. The van der Waals surface area contributed by atoms with Crippen LogP contribution in [0, 0.1) is 0 Å². The van der Waals surface area contributed by atoms with E-state index in [0.717, 1.165) is 12.1 Å². The zero-order valence-corrected chi connectivity index (χ0v) is 12.4. The molecule has 6 heteroatoms. The van der Waals surface area contributed by atoms with Crippen molar-refractivity contribution in [3.63, 3.8) is 0 Å². The van der Waals surface area contributed by atoms with Gasteiger partial charge in [0, 0.05) is 23.5 Å². The lowest BCUT2D eigenvalue weighted by molar-refractivity contribution is 0.0691. The highest BCUT2D eigenvalue weighted by atomic mass is 32.1. The second-order valence-corrected chi connectivity index (χ2v) is 5.56. The van der Waals surface area contributed by atoms with Gasteiger partial charge in [0.05, 0.1) is 0 Å². The second-order valence-electron chi connectivity index (χ2n) is 4.70. The first kappa shape index (κ1) is 14.2. The summed E-state index contributed by atoms with van der Waals surface area (Å²) in [5.41, 5.74) is 3.34. The van der Waals surface area contributed by atoms with Crippen LogP contribution in [-0.2, 0) is 6.42 Å². The molecule has 0 aliphatic carbocycles. The lowest BCUT2D eigenvalue weighted by Gasteiger charge is -2.05. The van der Waals surface area contributed by atoms with Gasteiger partial charge in [-0.25, -0.2) is 9.78 Å². The van der Waals surface area contributed by atoms with Gasteiger partial charge < -0.3 is 10.4 Å². The average Bonchev–Trinajstić information content (AvgIpc) is 2.99. The molecule has 0 aliphatic heterocycles. The van der Waals surface area contributed by atoms with Gasteiger partial charge in [-0.1, -0.05) is 12.1 Å². The highest BCUT2D eigenvalue weighted by molar-refractivity contribution is 7.14. The molecule has 0 saturated heterocycles. The topological polar surface area (TPSA) is 75.1 Å². The summed E-state index contributed by atoms with van der Waals surface area (Å²) >= 11 is 1.27. The van der Waals surface area contributed by atoms with Crippen molar-refractivity contribution in [2.45, 2.75) is 6.42 Å². The quantitative estimate of drug-likeness (QED) is 0.753. The molecule has 2 aromatic heterocycles. The Labute approximate surface area is 131 Å². The van der Waals surface area contributed by atoms with Crippen LogP contribution in [-0.4, -0.2) is 21.0 Å². The number of nitrogens with zero attached hydrogens (tertiary/aromatic N) is 2. The van der Waals surface area contributed by atoms with Crippen LogP contribution in [0.3, 0.4) is 0 Å². The lowest BCUT2D eigenvalue weighted by Crippen LogP contribution is -1.97. The van der Waals surface area contributed by atoms with Gasteiger partial charge in [-0.15, -0.1) is 11.3 Å². The van der Waals surface area contributed by atoms with Crippen LogP contribution < -0.4 is 5.32 Å². The predicted molar refractivity (Wildman–Crippen MR) is 85.8 cm³/mol. The van der Waals surface area contributed by atoms with Gasteiger partial charge in [-0.05, 0) is 41.8 Å². The van der Waals surface area contributed by atoms with Crippen molar-refractivity contribution < 1.29 is 9.90 Å². The number of aromatic nitrogens is 2. The van der Waals surface area contributed by atoms with E-state index in [1.54, 1.807) is 12.4 Å². The fourth-order valence-electron chi connectivity index (χ4n) is 2.00. The standard InChI is InChI=1S/C16H13N3O2S/c20-15(21)14-10-22-16(19-14)18-13-3-1-11(2-4-13)9-12-5-7-17-8-6-12/h1-8,10H,9H2,(H,18,19)(H,20,21). The van der Waals surface area contributed by atoms with E-state index < -0.39 is 5.97 Å². The van der Waals surface area contributed by atoms with Crippen LogP contribution in [0.2, 0.25) is 0 Å². The molecular formula is C16H13N3O2S. The van der Waals surface area contributed by atoms with E-state index in [1.807, 2.05) is 36.4 Å². The third kappa shape index (κ3) is 3.48. The van der Waals surface area contributed by atoms with Crippen molar-refractivity contribution >= 4 is 28.1 Å². The largest absolute Gasteiger partial charge is 0.476 e. The van der Waals surface area contributed by atoms with Crippen LogP contribution >= 0.6 is 11.3 Å². The molecule has 2 heterocycles. The summed E-state index contributed by atoms with van der Waals surface area (Å²) in [4.78, 5) is 18.8. The number of pyridine rings is 1. The van der Waals surface area contributed by atoms with Crippen LogP contribution in [0.15, 0.2) is 54.2 Å². The molecule has 0 radical (unpaired) electrons. The van der Waals surface area contributed by atoms with Gasteiger partial charge in [-0.3, -0.25) is 4.98 Å². The van der Waals surface area contributed by atoms with Crippen molar-refractivity contribution in [1.82, 2.24) is 9.97 Å². The number of rotatable bonds is 5. The SMILES string of the molecule is O=C(O)c1csc(Nc2ccc(Cc3ccncc3)cc2)n1. The molecule has 0 aliphatic rings. The summed E-state index contributed by atoms with van der Waals surface area (Å²) < 4.78 is 0. The molecule has 110 valence electrons. The lowest BCUT2D eigenvalue weighted by atomic mass is 10.1. The van der Waals surface area contributed by atoms with E-state index >= 15 is 0 Å². The first-order valence-electron chi connectivity index (χ1n) is 6.64. The number of hydrogen-bond donors (Lipinski definition) is 2. The fraction of sp³-hybridized carbons (Fsp3) is 0.0625. The van der Waals surface area contributed by atoms with Gasteiger partial charge in [0.25, 0.3) is 0 Å². The van der Waals surface area contributed by atoms with E-state index in [4.69, 9.17) is 5.11 Å². The molecule has 0 spiro atoms. The van der Waals surface area contributed by atoms with Gasteiger partial charge in [0.1, 0.15) is 0 Å². The van der Waals surface area contributed by atoms with Crippen molar-refractivity contribution in [3.05, 3.63) is 71.0 Å². The number of aromatic carboxylic acids is 1. The van der Waals surface area contributed by atoms with Crippen LogP contribution in [0.25, 0.3) is 0 Å². The summed E-state index contributed by atoms with van der Waals surface area (Å²) in [7, 11) is 0. The molecule has 0 saturated carbocycles. The Morgan fingerprint density at radius 2 is 1.77 bits per heavy atom. The number of carboxylic acid groups (broad SMARTS) is 1. The molecule has 0 bridgehead atoms. The van der Waals surface area contributed by atoms with E-state index in [0.29, 0.717) is 5.13 Å². The van der Waals surface area contributed by atoms with E-state index in [2.05, 4.69) is 15.3 Å². The summed E-state index contributed by atoms with van der Waals surface area (Å²) in [6.45, 7) is 0. The Balaban J connectivity index is 1.67. The summed E-state index contributed by atoms with van der Waals surface area (Å²) in [6.07, 6.45) is 4.42. The molecular weight excluding hydrogens is 298 g/mol. The van der Waals surface area contributed by atoms with Crippen LogP contribution in [0.1, 0.15) is 21.6 Å². The van der Waals surface area contributed by atoms with Crippen molar-refractivity contribution in [1.29, 1.82) is 0 Å². The molecule has 0 fully saturated rings. The third-order valence-corrected chi connectivity index (χ3v) is 3.84. The normalized spacial score (nSPS) is 10.4. The van der Waals surface area contributed by atoms with Crippen LogP contribution in [0.4, 0.5) is 10.8 Å². The molecule has 3 rings (SSSR count). The number of hydrogen-bond acceptors (Lipinski definition) is 5. The maximum Gasteiger partial charge on any atom is 0.355 e. The number of carbonyl (C=O) groups is 1. The van der Waals surface area contributed by atoms with Crippen molar-refractivity contribution in [3.8, 4) is 0 Å². The first-order valence-corrected chi connectivity index (χ1v) is 7.52. The number of carboxylic acids is 1. The maximum absolute atomic E-state index is 10.8. The number of benzene rings is 1. The minimum atomic E-state index is -1.02. The molecule has 5 nitrogen and oxygen atoms in total. The van der Waals surface area contributed by atoms with Crippen molar-refractivity contribution in [2.75, 3.05) is 5.32 Å². The van der Waals surface area contributed by atoms with E-state index in [-0.39, 0.29) is 5.69 Å². The monoisotopic (exact) mass is 311 g/mol. The Morgan fingerprint density at radius 3 is 2.41 bits per heavy atom. The number of nitrogens with one attached hydrogen (secondary N) is 1. The highest BCUT2D eigenvalue weighted by Gasteiger charge is 2.08. The van der Waals surface area contributed by atoms with E-state index in [9.17, 15) is 4.79 Å². The van der Waals surface area contributed by atoms with Crippen LogP contribution in [0.5, 0.6) is 0 Å². The Bertz CT molecular complexity index is 770. The summed E-state index contributed by atoms with van der Waals surface area (Å²) in [5, 5.41) is 14.0. The molecule has 3 aromatic rings. The van der Waals surface area contributed by atoms with Gasteiger partial charge >= 0.3 is 5.97 Å². The zero-order valence-electron chi connectivity index (χ0n) is 11.6. The Morgan fingerprint density at radius 1 is 1.09 bits per heavy atom. The smallest absolute Gasteiger partial charge is 0.355 e. The first-order chi connectivity index (χ1) is 10.7. The van der Waals surface area contributed by atoms with Crippen molar-refractivity contribution in [2.24, 2.45) is 0 Å². The Hall–Kier alpha value is -2.73. The minimum absolute atomic E-state index is 0.0572. The summed E-state index contributed by atoms with van der Waals surface area (Å²) in [5.74, 6) is -1.02. The van der Waals surface area contributed by atoms with Gasteiger partial charge in [0.15, 0.2) is 10.8 Å². The maximum atomic E-state index is 10.8. The average molecular weight is 311 g/mol. The number of thiazole rings is 1.